The van der Waals surface area contributed by atoms with E-state index in [0.29, 0.717) is 0 Å². The minimum atomic E-state index is -1.89. The van der Waals surface area contributed by atoms with Crippen molar-refractivity contribution in [1.29, 1.82) is 0 Å². The largest absolute Gasteiger partial charge is 0.394 e. The molecule has 0 spiro atoms. The van der Waals surface area contributed by atoms with E-state index in [-0.39, 0.29) is 19.0 Å². The first-order chi connectivity index (χ1) is 7.86. The van der Waals surface area contributed by atoms with Crippen molar-refractivity contribution < 1.29 is 35.7 Å². The third-order valence-corrected chi connectivity index (χ3v) is 2.44. The monoisotopic (exact) mass is 291 g/mol. The Balaban J connectivity index is 0. The van der Waals surface area contributed by atoms with Crippen LogP contribution in [0, 0.1) is 0 Å². The van der Waals surface area contributed by atoms with Crippen molar-refractivity contribution in [2.75, 3.05) is 20.2 Å². The Morgan fingerprint density at radius 3 is 1.50 bits per heavy atom. The highest BCUT2D eigenvalue weighted by atomic mass is 35.5. The van der Waals surface area contributed by atoms with E-state index in [1.807, 2.05) is 0 Å². The van der Waals surface area contributed by atoms with Crippen molar-refractivity contribution in [1.82, 2.24) is 5.32 Å². The normalized spacial score (nSPS) is 21.3. The van der Waals surface area contributed by atoms with Gasteiger partial charge < -0.3 is 41.1 Å². The zero-order valence-corrected chi connectivity index (χ0v) is 10.7. The first kappa shape index (κ1) is 20.3. The van der Waals surface area contributed by atoms with Gasteiger partial charge in [0.1, 0.15) is 30.5 Å². The van der Waals surface area contributed by atoms with Crippen LogP contribution in [0.15, 0.2) is 0 Å². The maximum Gasteiger partial charge on any atom is 0.111 e. The van der Waals surface area contributed by atoms with Crippen LogP contribution in [0.2, 0.25) is 0 Å². The third-order valence-electron chi connectivity index (χ3n) is 2.44. The van der Waals surface area contributed by atoms with Crippen molar-refractivity contribution in [3.8, 4) is 0 Å². The Morgan fingerprint density at radius 2 is 1.17 bits per heavy atom. The molecule has 0 saturated heterocycles. The lowest BCUT2D eigenvalue weighted by Gasteiger charge is -2.30. The molecule has 0 radical (unpaired) electrons. The molecule has 0 aromatic heterocycles. The number of aliphatic hydroxyl groups is 7. The maximum absolute atomic E-state index is 9.46. The molecule has 0 aromatic rings. The van der Waals surface area contributed by atoms with Crippen LogP contribution in [0.3, 0.4) is 0 Å². The van der Waals surface area contributed by atoms with Gasteiger partial charge >= 0.3 is 0 Å². The van der Waals surface area contributed by atoms with Gasteiger partial charge in [-0.3, -0.25) is 0 Å². The Hall–Kier alpha value is -0.0300. The van der Waals surface area contributed by atoms with Gasteiger partial charge in [-0.05, 0) is 7.05 Å². The van der Waals surface area contributed by atoms with Gasteiger partial charge in [0.25, 0.3) is 0 Å². The predicted octanol–water partition coefficient (Wildman–Crippen LogP) is -4.21. The minimum Gasteiger partial charge on any atom is -0.394 e. The van der Waals surface area contributed by atoms with Crippen LogP contribution < -0.4 is 5.32 Å². The lowest BCUT2D eigenvalue weighted by Crippen LogP contribution is -2.54. The van der Waals surface area contributed by atoms with E-state index in [4.69, 9.17) is 10.2 Å². The summed E-state index contributed by atoms with van der Waals surface area (Å²) in [6.07, 6.45) is -10.3. The smallest absolute Gasteiger partial charge is 0.111 e. The molecule has 0 aliphatic heterocycles. The summed E-state index contributed by atoms with van der Waals surface area (Å²) in [5.41, 5.74) is 0. The van der Waals surface area contributed by atoms with Crippen molar-refractivity contribution in [2.45, 2.75) is 36.6 Å². The first-order valence-electron chi connectivity index (χ1n) is 5.20. The molecule has 0 aliphatic carbocycles. The quantitative estimate of drug-likeness (QED) is 0.224. The Bertz CT molecular complexity index is 211. The van der Waals surface area contributed by atoms with Crippen molar-refractivity contribution in [2.24, 2.45) is 0 Å². The number of aliphatic hydroxyl groups excluding tert-OH is 7. The number of rotatable bonds is 8. The molecule has 0 bridgehead atoms. The van der Waals surface area contributed by atoms with Gasteiger partial charge in [-0.1, -0.05) is 0 Å². The van der Waals surface area contributed by atoms with Gasteiger partial charge in [-0.2, -0.15) is 0 Å². The highest BCUT2D eigenvalue weighted by molar-refractivity contribution is 5.85. The molecule has 9 heteroatoms. The van der Waals surface area contributed by atoms with Crippen LogP contribution >= 0.6 is 12.4 Å². The molecule has 0 aromatic carbocycles. The summed E-state index contributed by atoms with van der Waals surface area (Å²) < 4.78 is 0. The van der Waals surface area contributed by atoms with E-state index in [2.05, 4.69) is 5.32 Å². The average molecular weight is 292 g/mol. The topological polar surface area (TPSA) is 154 Å². The van der Waals surface area contributed by atoms with E-state index in [1.165, 1.54) is 7.05 Å². The molecule has 0 saturated carbocycles. The molecule has 112 valence electrons. The third kappa shape index (κ3) is 5.74. The fourth-order valence-corrected chi connectivity index (χ4v) is 1.30. The Morgan fingerprint density at radius 1 is 0.778 bits per heavy atom. The summed E-state index contributed by atoms with van der Waals surface area (Å²) in [4.78, 5) is 0. The first-order valence-corrected chi connectivity index (χ1v) is 5.20. The maximum atomic E-state index is 9.46. The zero-order chi connectivity index (χ0) is 13.6. The molecule has 6 atom stereocenters. The highest BCUT2D eigenvalue weighted by Gasteiger charge is 2.36. The number of hydrogen-bond donors (Lipinski definition) is 8. The van der Waals surface area contributed by atoms with Gasteiger partial charge in [0.15, 0.2) is 0 Å². The molecule has 8 nitrogen and oxygen atoms in total. The second-order valence-electron chi connectivity index (χ2n) is 3.84. The van der Waals surface area contributed by atoms with Crippen LogP contribution in [0.5, 0.6) is 0 Å². The number of halogens is 1. The van der Waals surface area contributed by atoms with Crippen LogP contribution in [0.25, 0.3) is 0 Å². The van der Waals surface area contributed by atoms with E-state index >= 15 is 0 Å². The van der Waals surface area contributed by atoms with Crippen molar-refractivity contribution in [3.05, 3.63) is 0 Å². The van der Waals surface area contributed by atoms with E-state index in [9.17, 15) is 25.5 Å². The van der Waals surface area contributed by atoms with E-state index in [0.717, 1.165) is 0 Å². The van der Waals surface area contributed by atoms with Gasteiger partial charge in [0.2, 0.25) is 0 Å². The van der Waals surface area contributed by atoms with Gasteiger partial charge in [0.05, 0.1) is 12.7 Å². The van der Waals surface area contributed by atoms with Gasteiger partial charge in [-0.15, -0.1) is 12.4 Å². The minimum absolute atomic E-state index is 0. The van der Waals surface area contributed by atoms with Crippen molar-refractivity contribution >= 4 is 12.4 Å². The summed E-state index contributed by atoms with van der Waals surface area (Å²) in [7, 11) is 1.52. The summed E-state index contributed by atoms with van der Waals surface area (Å²) >= 11 is 0. The summed E-state index contributed by atoms with van der Waals surface area (Å²) in [5.74, 6) is 0. The lowest BCUT2D eigenvalue weighted by atomic mass is 9.96. The predicted molar refractivity (Wildman–Crippen MR) is 64.3 cm³/mol. The van der Waals surface area contributed by atoms with Crippen LogP contribution in [-0.4, -0.2) is 92.6 Å². The Kier molecular flexibility index (Phi) is 11.1. The van der Waals surface area contributed by atoms with Crippen LogP contribution in [0.4, 0.5) is 0 Å². The Labute approximate surface area is 111 Å². The van der Waals surface area contributed by atoms with E-state index < -0.39 is 43.2 Å². The van der Waals surface area contributed by atoms with Crippen LogP contribution in [-0.2, 0) is 0 Å². The second kappa shape index (κ2) is 9.84. The zero-order valence-electron chi connectivity index (χ0n) is 9.92. The van der Waals surface area contributed by atoms with E-state index in [1.54, 1.807) is 0 Å². The summed E-state index contributed by atoms with van der Waals surface area (Å²) in [5, 5.41) is 67.1. The van der Waals surface area contributed by atoms with Gasteiger partial charge in [0, 0.05) is 6.54 Å². The second-order valence-corrected chi connectivity index (χ2v) is 3.84. The average Bonchev–Trinajstić information content (AvgIpc) is 2.34. The lowest BCUT2D eigenvalue weighted by molar-refractivity contribution is -0.156. The SMILES string of the molecule is CNCC(O)C(O)C(O)C(O)C(O)C(O)CO.Cl. The highest BCUT2D eigenvalue weighted by Crippen LogP contribution is 2.10. The van der Waals surface area contributed by atoms with Gasteiger partial charge in [-0.25, -0.2) is 0 Å². The number of nitrogens with one attached hydrogen (secondary N) is 1. The van der Waals surface area contributed by atoms with Crippen molar-refractivity contribution in [3.63, 3.8) is 0 Å². The fraction of sp³-hybridized carbons (Fsp3) is 1.00. The van der Waals surface area contributed by atoms with Crippen LogP contribution in [0.1, 0.15) is 0 Å². The molecular formula is C9H22ClNO7. The standard InChI is InChI=1S/C9H21NO7.ClH/c1-10-2-4(12)6(14)8(16)9(17)7(15)5(13)3-11;/h4-17H,2-3H2,1H3;1H. The number of hydrogen-bond acceptors (Lipinski definition) is 8. The molecule has 0 rings (SSSR count). The summed E-state index contributed by atoms with van der Waals surface area (Å²) in [6, 6.07) is 0. The number of likely N-dealkylation sites (N-methyl/N-ethyl adjacent to an activating group) is 1. The molecule has 0 aliphatic rings. The molecule has 0 fully saturated rings. The fourth-order valence-electron chi connectivity index (χ4n) is 1.30. The molecule has 6 unspecified atom stereocenters. The molecule has 0 heterocycles. The molecule has 0 amide bonds. The molecule has 18 heavy (non-hydrogen) atoms. The molecule has 8 N–H and O–H groups in total. The summed E-state index contributed by atoms with van der Waals surface area (Å²) in [6.45, 7) is -0.830. The molecular weight excluding hydrogens is 270 g/mol.